The largest absolute Gasteiger partial charge is 0.394 e. The molecular formula is C6H11Cl2NO4. The molecule has 0 aromatic heterocycles. The number of aliphatic hydroxyl groups is 3. The summed E-state index contributed by atoms with van der Waals surface area (Å²) in [5, 5.41) is 28.5. The minimum absolute atomic E-state index is 0.605. The first-order valence-electron chi connectivity index (χ1n) is 3.44. The van der Waals surface area contributed by atoms with E-state index < -0.39 is 36.1 Å². The number of alkyl halides is 2. The number of nitrogens with one attached hydrogen (secondary N) is 1. The normalized spacial score (nSPS) is 11.8. The monoisotopic (exact) mass is 231 g/mol. The third kappa shape index (κ3) is 3.66. The van der Waals surface area contributed by atoms with Crippen LogP contribution in [-0.4, -0.2) is 51.4 Å². The Morgan fingerprint density at radius 1 is 1.23 bits per heavy atom. The summed E-state index contributed by atoms with van der Waals surface area (Å²) < 4.78 is 0. The quantitative estimate of drug-likeness (QED) is 0.440. The Kier molecular flexibility index (Phi) is 5.59. The van der Waals surface area contributed by atoms with E-state index in [-0.39, 0.29) is 0 Å². The van der Waals surface area contributed by atoms with Crippen molar-refractivity contribution in [2.24, 2.45) is 0 Å². The number of halogens is 2. The fourth-order valence-electron chi connectivity index (χ4n) is 0.584. The molecule has 0 aromatic carbocycles. The van der Waals surface area contributed by atoms with E-state index >= 15 is 0 Å². The summed E-state index contributed by atoms with van der Waals surface area (Å²) in [4.78, 5) is 9.62. The van der Waals surface area contributed by atoms with Crippen LogP contribution in [0.4, 0.5) is 0 Å². The van der Waals surface area contributed by atoms with Gasteiger partial charge in [-0.3, -0.25) is 4.79 Å². The van der Waals surface area contributed by atoms with E-state index in [1.165, 1.54) is 0 Å². The summed E-state index contributed by atoms with van der Waals surface area (Å²) in [5.74, 6) is -0.777. The fraction of sp³-hybridized carbons (Fsp3) is 0.833. The summed E-state index contributed by atoms with van der Waals surface area (Å²) in [5.41, 5.74) is -1.47. The Morgan fingerprint density at radius 2 is 1.62 bits per heavy atom. The van der Waals surface area contributed by atoms with Crippen LogP contribution in [0.5, 0.6) is 0 Å². The van der Waals surface area contributed by atoms with Crippen LogP contribution in [0.1, 0.15) is 0 Å². The minimum atomic E-state index is -1.47. The number of hydrogen-bond donors (Lipinski definition) is 4. The highest BCUT2D eigenvalue weighted by molar-refractivity contribution is 6.53. The Labute approximate surface area is 85.3 Å². The number of rotatable bonds is 5. The van der Waals surface area contributed by atoms with Gasteiger partial charge >= 0.3 is 0 Å². The van der Waals surface area contributed by atoms with Crippen LogP contribution in [-0.2, 0) is 4.79 Å². The lowest BCUT2D eigenvalue weighted by Gasteiger charge is -2.28. The van der Waals surface area contributed by atoms with Crippen molar-refractivity contribution in [2.45, 2.75) is 10.4 Å². The molecule has 4 N–H and O–H groups in total. The van der Waals surface area contributed by atoms with Gasteiger partial charge in [-0.15, -0.1) is 0 Å². The van der Waals surface area contributed by atoms with Gasteiger partial charge in [-0.05, 0) is 0 Å². The predicted molar refractivity (Wildman–Crippen MR) is 47.6 cm³/mol. The molecule has 0 aliphatic heterocycles. The Morgan fingerprint density at radius 3 is 1.85 bits per heavy atom. The van der Waals surface area contributed by atoms with Crippen LogP contribution >= 0.6 is 23.2 Å². The highest BCUT2D eigenvalue weighted by Crippen LogP contribution is 2.06. The van der Waals surface area contributed by atoms with Gasteiger partial charge in [0.2, 0.25) is 0 Å². The summed E-state index contributed by atoms with van der Waals surface area (Å²) in [6.07, 6.45) is 0. The van der Waals surface area contributed by atoms with Gasteiger partial charge in [0, 0.05) is 0 Å². The molecule has 0 aliphatic rings. The van der Waals surface area contributed by atoms with Gasteiger partial charge in [0.15, 0.2) is 4.84 Å². The lowest BCUT2D eigenvalue weighted by atomic mass is 10.0. The molecule has 0 atom stereocenters. The number of hydrogen-bond acceptors (Lipinski definition) is 4. The van der Waals surface area contributed by atoms with Gasteiger partial charge in [-0.25, -0.2) is 0 Å². The molecule has 0 spiro atoms. The van der Waals surface area contributed by atoms with Crippen LogP contribution in [0, 0.1) is 0 Å². The van der Waals surface area contributed by atoms with Crippen LogP contribution in [0.3, 0.4) is 0 Å². The second-order valence-corrected chi connectivity index (χ2v) is 3.64. The molecule has 0 fully saturated rings. The molecule has 0 saturated heterocycles. The fourth-order valence-corrected chi connectivity index (χ4v) is 0.694. The molecule has 5 nitrogen and oxygen atoms in total. The second-order valence-electron chi connectivity index (χ2n) is 2.54. The predicted octanol–water partition coefficient (Wildman–Crippen LogP) is -1.38. The molecule has 0 bridgehead atoms. The van der Waals surface area contributed by atoms with Gasteiger partial charge in [0.25, 0.3) is 5.91 Å². The van der Waals surface area contributed by atoms with E-state index in [0.29, 0.717) is 0 Å². The molecule has 0 aliphatic carbocycles. The number of carbonyl (C=O) groups excluding carboxylic acids is 1. The number of amides is 1. The van der Waals surface area contributed by atoms with Crippen molar-refractivity contribution in [1.82, 2.24) is 5.32 Å². The number of aliphatic hydroxyl groups excluding tert-OH is 3. The first-order valence-corrected chi connectivity index (χ1v) is 4.31. The average molecular weight is 232 g/mol. The SMILES string of the molecule is O=C(NC(CO)(CO)CO)C(Cl)Cl. The third-order valence-electron chi connectivity index (χ3n) is 1.49. The molecular weight excluding hydrogens is 221 g/mol. The van der Waals surface area contributed by atoms with E-state index in [1.54, 1.807) is 0 Å². The molecule has 0 heterocycles. The van der Waals surface area contributed by atoms with Crippen molar-refractivity contribution in [1.29, 1.82) is 0 Å². The second kappa shape index (κ2) is 5.62. The standard InChI is InChI=1S/C6H11Cl2NO4/c7-4(8)5(13)9-6(1-10,2-11)3-12/h4,10-12H,1-3H2,(H,9,13). The van der Waals surface area contributed by atoms with Gasteiger partial charge in [0.1, 0.15) is 5.54 Å². The van der Waals surface area contributed by atoms with Gasteiger partial charge in [-0.1, -0.05) is 23.2 Å². The van der Waals surface area contributed by atoms with E-state index in [0.717, 1.165) is 0 Å². The average Bonchev–Trinajstić information content (AvgIpc) is 2.14. The topological polar surface area (TPSA) is 89.8 Å². The lowest BCUT2D eigenvalue weighted by Crippen LogP contribution is -2.58. The maximum Gasteiger partial charge on any atom is 0.253 e. The zero-order valence-corrected chi connectivity index (χ0v) is 8.22. The van der Waals surface area contributed by atoms with Crippen molar-refractivity contribution in [3.05, 3.63) is 0 Å². The van der Waals surface area contributed by atoms with Crippen LogP contribution in [0.15, 0.2) is 0 Å². The zero-order chi connectivity index (χ0) is 10.5. The zero-order valence-electron chi connectivity index (χ0n) is 6.70. The maximum absolute atomic E-state index is 10.9. The highest BCUT2D eigenvalue weighted by atomic mass is 35.5. The van der Waals surface area contributed by atoms with Gasteiger partial charge in [0.05, 0.1) is 19.8 Å². The summed E-state index contributed by atoms with van der Waals surface area (Å²) in [6.45, 7) is -1.81. The Hall–Kier alpha value is -0.0700. The summed E-state index contributed by atoms with van der Waals surface area (Å²) >= 11 is 10.4. The first kappa shape index (κ1) is 12.9. The van der Waals surface area contributed by atoms with Gasteiger partial charge < -0.3 is 20.6 Å². The minimum Gasteiger partial charge on any atom is -0.394 e. The first-order chi connectivity index (χ1) is 6.01. The van der Waals surface area contributed by atoms with Crippen molar-refractivity contribution in [3.8, 4) is 0 Å². The molecule has 0 aromatic rings. The molecule has 7 heteroatoms. The number of carbonyl (C=O) groups is 1. The lowest BCUT2D eigenvalue weighted by molar-refractivity contribution is -0.123. The molecule has 0 rings (SSSR count). The van der Waals surface area contributed by atoms with Crippen LogP contribution in [0.2, 0.25) is 0 Å². The van der Waals surface area contributed by atoms with Crippen LogP contribution < -0.4 is 5.32 Å². The summed E-state index contributed by atoms with van der Waals surface area (Å²) in [7, 11) is 0. The van der Waals surface area contributed by atoms with Crippen molar-refractivity contribution in [3.63, 3.8) is 0 Å². The summed E-state index contributed by atoms with van der Waals surface area (Å²) in [6, 6.07) is 0. The molecule has 1 amide bonds. The van der Waals surface area contributed by atoms with Gasteiger partial charge in [-0.2, -0.15) is 0 Å². The molecule has 78 valence electrons. The maximum atomic E-state index is 10.9. The molecule has 0 radical (unpaired) electrons. The Bertz CT molecular complexity index is 164. The smallest absolute Gasteiger partial charge is 0.253 e. The third-order valence-corrected chi connectivity index (χ3v) is 1.89. The van der Waals surface area contributed by atoms with E-state index in [9.17, 15) is 4.79 Å². The molecule has 0 saturated carbocycles. The van der Waals surface area contributed by atoms with E-state index in [4.69, 9.17) is 38.5 Å². The van der Waals surface area contributed by atoms with Crippen molar-refractivity contribution < 1.29 is 20.1 Å². The van der Waals surface area contributed by atoms with Crippen molar-refractivity contribution in [2.75, 3.05) is 19.8 Å². The highest BCUT2D eigenvalue weighted by Gasteiger charge is 2.31. The van der Waals surface area contributed by atoms with E-state index in [2.05, 4.69) is 5.32 Å². The Balaban J connectivity index is 4.33. The van der Waals surface area contributed by atoms with E-state index in [1.807, 2.05) is 0 Å². The van der Waals surface area contributed by atoms with Crippen molar-refractivity contribution >= 4 is 29.1 Å². The molecule has 13 heavy (non-hydrogen) atoms. The van der Waals surface area contributed by atoms with Crippen LogP contribution in [0.25, 0.3) is 0 Å². The molecule has 0 unspecified atom stereocenters.